The van der Waals surface area contributed by atoms with Crippen LogP contribution in [0.2, 0.25) is 5.02 Å². The Bertz CT molecular complexity index is 771. The second-order valence-corrected chi connectivity index (χ2v) is 4.86. The molecular weight excluding hydrogens is 332 g/mol. The molecule has 2 N–H and O–H groups in total. The molecule has 0 aliphatic carbocycles. The summed E-state index contributed by atoms with van der Waals surface area (Å²) in [5.41, 5.74) is 0.122. The van der Waals surface area contributed by atoms with Crippen molar-refractivity contribution in [3.63, 3.8) is 0 Å². The van der Waals surface area contributed by atoms with Gasteiger partial charge in [-0.1, -0.05) is 11.6 Å². The number of hydrogen-bond donors (Lipinski definition) is 2. The van der Waals surface area contributed by atoms with Gasteiger partial charge in [0.05, 0.1) is 11.5 Å². The van der Waals surface area contributed by atoms with Gasteiger partial charge >= 0.3 is 0 Å². The number of benzene rings is 2. The van der Waals surface area contributed by atoms with E-state index in [1.54, 1.807) is 0 Å². The quantitative estimate of drug-likeness (QED) is 0.643. The number of halogens is 3. The normalized spacial score (nSPS) is 10.2. The monoisotopic (exact) mass is 341 g/mol. The van der Waals surface area contributed by atoms with Gasteiger partial charge in [-0.25, -0.2) is 8.78 Å². The molecule has 2 aromatic carbocycles. The van der Waals surface area contributed by atoms with Crippen molar-refractivity contribution in [3.05, 3.63) is 63.2 Å². The molecule has 0 fully saturated rings. The lowest BCUT2D eigenvalue weighted by atomic mass is 10.2. The zero-order valence-electron chi connectivity index (χ0n) is 11.5. The molecule has 0 spiro atoms. The summed E-state index contributed by atoms with van der Waals surface area (Å²) in [7, 11) is 0. The molecule has 2 aromatic rings. The standard InChI is InChI=1S/C14H10ClF2N3O3/c15-10-3-1-8(6-13(10)20(22)23)18-7-14(21)19-9-2-4-11(16)12(17)5-9/h1-6,18H,7H2,(H,19,21). The van der Waals surface area contributed by atoms with Gasteiger partial charge in [0.2, 0.25) is 5.91 Å². The van der Waals surface area contributed by atoms with Gasteiger partial charge in [0.15, 0.2) is 11.6 Å². The molecular formula is C14H10ClF2N3O3. The van der Waals surface area contributed by atoms with Crippen molar-refractivity contribution in [2.24, 2.45) is 0 Å². The number of amides is 1. The van der Waals surface area contributed by atoms with Crippen molar-refractivity contribution in [2.45, 2.75) is 0 Å². The number of hydrogen-bond acceptors (Lipinski definition) is 4. The molecule has 0 aliphatic rings. The maximum Gasteiger partial charge on any atom is 0.289 e. The average Bonchev–Trinajstić information content (AvgIpc) is 2.50. The third-order valence-electron chi connectivity index (χ3n) is 2.80. The highest BCUT2D eigenvalue weighted by atomic mass is 35.5. The van der Waals surface area contributed by atoms with Crippen molar-refractivity contribution >= 4 is 34.6 Å². The van der Waals surface area contributed by atoms with Crippen LogP contribution in [0.15, 0.2) is 36.4 Å². The van der Waals surface area contributed by atoms with Crippen molar-refractivity contribution in [3.8, 4) is 0 Å². The Labute approximate surface area is 134 Å². The molecule has 0 heterocycles. The minimum Gasteiger partial charge on any atom is -0.376 e. The minimum absolute atomic E-state index is 0.0215. The molecule has 6 nitrogen and oxygen atoms in total. The van der Waals surface area contributed by atoms with E-state index in [-0.39, 0.29) is 22.9 Å². The van der Waals surface area contributed by atoms with Crippen LogP contribution >= 0.6 is 11.6 Å². The van der Waals surface area contributed by atoms with Crippen molar-refractivity contribution < 1.29 is 18.5 Å². The highest BCUT2D eigenvalue weighted by Crippen LogP contribution is 2.27. The zero-order chi connectivity index (χ0) is 17.0. The van der Waals surface area contributed by atoms with E-state index in [9.17, 15) is 23.7 Å². The topological polar surface area (TPSA) is 84.3 Å². The Kier molecular flexibility index (Phi) is 5.07. The summed E-state index contributed by atoms with van der Waals surface area (Å²) in [5, 5.41) is 15.8. The smallest absolute Gasteiger partial charge is 0.289 e. The molecule has 0 saturated heterocycles. The van der Waals surface area contributed by atoms with Gasteiger partial charge in [-0.2, -0.15) is 0 Å². The third-order valence-corrected chi connectivity index (χ3v) is 3.12. The molecule has 0 aliphatic heterocycles. The number of nitro groups is 1. The second-order valence-electron chi connectivity index (χ2n) is 4.45. The van der Waals surface area contributed by atoms with E-state index < -0.39 is 22.5 Å². The van der Waals surface area contributed by atoms with Gasteiger partial charge in [-0.15, -0.1) is 0 Å². The summed E-state index contributed by atoms with van der Waals surface area (Å²) in [6, 6.07) is 6.94. The van der Waals surface area contributed by atoms with Crippen LogP contribution in [0.25, 0.3) is 0 Å². The number of nitrogens with zero attached hydrogens (tertiary/aromatic N) is 1. The van der Waals surface area contributed by atoms with Gasteiger partial charge in [0.25, 0.3) is 5.69 Å². The predicted octanol–water partition coefficient (Wildman–Crippen LogP) is 3.58. The summed E-state index contributed by atoms with van der Waals surface area (Å²) >= 11 is 5.67. The molecule has 1 amide bonds. The minimum atomic E-state index is -1.08. The number of nitro benzene ring substituents is 1. The van der Waals surface area contributed by atoms with Gasteiger partial charge < -0.3 is 10.6 Å². The average molecular weight is 342 g/mol. The van der Waals surface area contributed by atoms with E-state index in [0.29, 0.717) is 5.69 Å². The fourth-order valence-corrected chi connectivity index (χ4v) is 1.91. The van der Waals surface area contributed by atoms with Crippen LogP contribution in [0, 0.1) is 21.7 Å². The molecule has 2 rings (SSSR count). The van der Waals surface area contributed by atoms with Crippen molar-refractivity contribution in [1.82, 2.24) is 0 Å². The van der Waals surface area contributed by atoms with E-state index in [1.807, 2.05) is 0 Å². The van der Waals surface area contributed by atoms with Gasteiger partial charge in [-0.05, 0) is 24.3 Å². The molecule has 0 saturated carbocycles. The van der Waals surface area contributed by atoms with Crippen LogP contribution in [0.3, 0.4) is 0 Å². The Hall–Kier alpha value is -2.74. The lowest BCUT2D eigenvalue weighted by molar-refractivity contribution is -0.384. The number of nitrogens with one attached hydrogen (secondary N) is 2. The van der Waals surface area contributed by atoms with Crippen LogP contribution in [-0.2, 0) is 4.79 Å². The molecule has 0 radical (unpaired) electrons. The summed E-state index contributed by atoms with van der Waals surface area (Å²) < 4.78 is 25.8. The molecule has 9 heteroatoms. The van der Waals surface area contributed by atoms with Gasteiger partial charge in [0.1, 0.15) is 5.02 Å². The van der Waals surface area contributed by atoms with E-state index in [0.717, 1.165) is 12.1 Å². The van der Waals surface area contributed by atoms with Crippen molar-refractivity contribution in [2.75, 3.05) is 17.2 Å². The first-order valence-corrected chi connectivity index (χ1v) is 6.67. The fraction of sp³-hybridized carbons (Fsp3) is 0.0714. The van der Waals surface area contributed by atoms with Crippen LogP contribution < -0.4 is 10.6 Å². The predicted molar refractivity (Wildman–Crippen MR) is 81.6 cm³/mol. The summed E-state index contributed by atoms with van der Waals surface area (Å²) in [6.07, 6.45) is 0. The Morgan fingerprint density at radius 1 is 1.13 bits per heavy atom. The zero-order valence-corrected chi connectivity index (χ0v) is 12.2. The first kappa shape index (κ1) is 16.6. The Morgan fingerprint density at radius 3 is 2.48 bits per heavy atom. The first-order valence-electron chi connectivity index (χ1n) is 6.29. The maximum atomic E-state index is 13.0. The highest BCUT2D eigenvalue weighted by molar-refractivity contribution is 6.32. The lowest BCUT2D eigenvalue weighted by Gasteiger charge is -2.08. The van der Waals surface area contributed by atoms with E-state index in [4.69, 9.17) is 11.6 Å². The van der Waals surface area contributed by atoms with Crippen molar-refractivity contribution in [1.29, 1.82) is 0 Å². The molecule has 0 atom stereocenters. The SMILES string of the molecule is O=C(CNc1ccc(Cl)c([N+](=O)[O-])c1)Nc1ccc(F)c(F)c1. The maximum absolute atomic E-state index is 13.0. The van der Waals surface area contributed by atoms with E-state index >= 15 is 0 Å². The van der Waals surface area contributed by atoms with Crippen LogP contribution in [0.4, 0.5) is 25.8 Å². The summed E-state index contributed by atoms with van der Waals surface area (Å²) in [6.45, 7) is -0.224. The summed E-state index contributed by atoms with van der Waals surface area (Å²) in [4.78, 5) is 21.8. The second kappa shape index (κ2) is 7.01. The molecule has 120 valence electrons. The molecule has 23 heavy (non-hydrogen) atoms. The number of anilines is 2. The molecule has 0 aromatic heterocycles. The number of carbonyl (C=O) groups is 1. The Morgan fingerprint density at radius 2 is 1.83 bits per heavy atom. The molecule has 0 unspecified atom stereocenters. The number of carbonyl (C=O) groups excluding carboxylic acids is 1. The lowest BCUT2D eigenvalue weighted by Crippen LogP contribution is -2.21. The van der Waals surface area contributed by atoms with Gasteiger partial charge in [0, 0.05) is 23.5 Å². The fourth-order valence-electron chi connectivity index (χ4n) is 1.72. The number of rotatable bonds is 5. The first-order chi connectivity index (χ1) is 10.9. The highest BCUT2D eigenvalue weighted by Gasteiger charge is 2.13. The third kappa shape index (κ3) is 4.36. The van der Waals surface area contributed by atoms with Crippen LogP contribution in [0.1, 0.15) is 0 Å². The Balaban J connectivity index is 1.97. The van der Waals surface area contributed by atoms with Crippen LogP contribution in [0.5, 0.6) is 0 Å². The van der Waals surface area contributed by atoms with Crippen LogP contribution in [-0.4, -0.2) is 17.4 Å². The van der Waals surface area contributed by atoms with E-state index in [2.05, 4.69) is 10.6 Å². The van der Waals surface area contributed by atoms with E-state index in [1.165, 1.54) is 24.3 Å². The van der Waals surface area contributed by atoms with Gasteiger partial charge in [-0.3, -0.25) is 14.9 Å². The molecule has 0 bridgehead atoms. The summed E-state index contributed by atoms with van der Waals surface area (Å²) in [5.74, 6) is -2.63. The largest absolute Gasteiger partial charge is 0.376 e.